The Hall–Kier alpha value is -1.20. The fraction of sp³-hybridized carbons (Fsp3) is 0.538. The summed E-state index contributed by atoms with van der Waals surface area (Å²) >= 11 is 1.75. The van der Waals surface area contributed by atoms with Crippen LogP contribution in [0.4, 0.5) is 0 Å². The zero-order valence-electron chi connectivity index (χ0n) is 11.1. The molecule has 1 atom stereocenters. The average Bonchev–Trinajstić information content (AvgIpc) is 2.98. The van der Waals surface area contributed by atoms with Crippen molar-refractivity contribution >= 4 is 11.3 Å². The van der Waals surface area contributed by atoms with Gasteiger partial charge in [-0.05, 0) is 49.7 Å². The van der Waals surface area contributed by atoms with Gasteiger partial charge in [0.2, 0.25) is 0 Å². The van der Waals surface area contributed by atoms with Gasteiger partial charge in [0.05, 0.1) is 0 Å². The fourth-order valence-electron chi connectivity index (χ4n) is 2.04. The summed E-state index contributed by atoms with van der Waals surface area (Å²) in [4.78, 5) is 4.37. The first-order chi connectivity index (χ1) is 8.70. The van der Waals surface area contributed by atoms with Crippen molar-refractivity contribution in [1.29, 1.82) is 0 Å². The lowest BCUT2D eigenvalue weighted by molar-refractivity contribution is 0.470. The molecule has 0 aliphatic heterocycles. The molecular formula is C13H20N4S. The Morgan fingerprint density at radius 1 is 1.39 bits per heavy atom. The summed E-state index contributed by atoms with van der Waals surface area (Å²) in [6.07, 6.45) is 3.59. The molecule has 2 aromatic heterocycles. The molecule has 5 heteroatoms. The Balaban J connectivity index is 2.03. The Morgan fingerprint density at radius 2 is 2.22 bits per heavy atom. The van der Waals surface area contributed by atoms with Gasteiger partial charge < -0.3 is 5.32 Å². The molecule has 0 aromatic carbocycles. The molecule has 0 aliphatic carbocycles. The first-order valence-electron chi connectivity index (χ1n) is 6.27. The molecule has 0 saturated carbocycles. The third-order valence-electron chi connectivity index (χ3n) is 3.04. The highest BCUT2D eigenvalue weighted by molar-refractivity contribution is 7.07. The van der Waals surface area contributed by atoms with Gasteiger partial charge in [0.15, 0.2) is 0 Å². The van der Waals surface area contributed by atoms with E-state index in [1.165, 1.54) is 5.56 Å². The van der Waals surface area contributed by atoms with Gasteiger partial charge in [0.25, 0.3) is 0 Å². The van der Waals surface area contributed by atoms with Crippen LogP contribution in [0.15, 0.2) is 23.2 Å². The van der Waals surface area contributed by atoms with Crippen LogP contribution in [-0.4, -0.2) is 27.9 Å². The molecule has 2 aromatic rings. The highest BCUT2D eigenvalue weighted by Crippen LogP contribution is 2.12. The molecule has 0 amide bonds. The van der Waals surface area contributed by atoms with Gasteiger partial charge in [-0.2, -0.15) is 16.4 Å². The van der Waals surface area contributed by atoms with E-state index in [0.29, 0.717) is 12.1 Å². The minimum absolute atomic E-state index is 0.362. The summed E-state index contributed by atoms with van der Waals surface area (Å²) < 4.78 is 2.00. The van der Waals surface area contributed by atoms with Crippen molar-refractivity contribution in [2.75, 3.05) is 7.05 Å². The van der Waals surface area contributed by atoms with E-state index < -0.39 is 0 Å². The molecule has 0 saturated heterocycles. The second-order valence-corrected chi connectivity index (χ2v) is 5.52. The van der Waals surface area contributed by atoms with Crippen molar-refractivity contribution < 1.29 is 0 Å². The lowest BCUT2D eigenvalue weighted by Gasteiger charge is -2.16. The van der Waals surface area contributed by atoms with E-state index in [2.05, 4.69) is 46.1 Å². The number of thiophene rings is 1. The highest BCUT2D eigenvalue weighted by Gasteiger charge is 2.14. The second-order valence-electron chi connectivity index (χ2n) is 4.74. The molecule has 0 aliphatic rings. The molecule has 4 nitrogen and oxygen atoms in total. The third kappa shape index (κ3) is 3.17. The van der Waals surface area contributed by atoms with Gasteiger partial charge in [0, 0.05) is 18.5 Å². The average molecular weight is 264 g/mol. The third-order valence-corrected chi connectivity index (χ3v) is 3.77. The van der Waals surface area contributed by atoms with Gasteiger partial charge in [-0.1, -0.05) is 0 Å². The molecule has 18 heavy (non-hydrogen) atoms. The molecule has 1 unspecified atom stereocenters. The molecule has 0 spiro atoms. The lowest BCUT2D eigenvalue weighted by atomic mass is 10.1. The molecule has 2 heterocycles. The van der Waals surface area contributed by atoms with E-state index in [9.17, 15) is 0 Å². The second kappa shape index (κ2) is 6.11. The van der Waals surface area contributed by atoms with Gasteiger partial charge in [-0.3, -0.25) is 0 Å². The van der Waals surface area contributed by atoms with Crippen LogP contribution in [0.3, 0.4) is 0 Å². The number of aromatic nitrogens is 3. The Bertz CT molecular complexity index is 461. The van der Waals surface area contributed by atoms with E-state index >= 15 is 0 Å². The molecule has 2 rings (SSSR count). The first kappa shape index (κ1) is 13.2. The van der Waals surface area contributed by atoms with E-state index in [1.807, 2.05) is 11.7 Å². The summed E-state index contributed by atoms with van der Waals surface area (Å²) in [5.74, 6) is 1.06. The molecule has 98 valence electrons. The Labute approximate surface area is 112 Å². The van der Waals surface area contributed by atoms with Crippen LogP contribution < -0.4 is 5.32 Å². The normalized spacial score (nSPS) is 13.1. The molecule has 1 N–H and O–H groups in total. The van der Waals surface area contributed by atoms with Crippen LogP contribution in [0, 0.1) is 0 Å². The molecular weight excluding hydrogens is 244 g/mol. The Morgan fingerprint density at radius 3 is 2.83 bits per heavy atom. The van der Waals surface area contributed by atoms with Crippen molar-refractivity contribution in [2.24, 2.45) is 0 Å². The van der Waals surface area contributed by atoms with Crippen molar-refractivity contribution in [3.05, 3.63) is 34.5 Å². The van der Waals surface area contributed by atoms with E-state index in [4.69, 9.17) is 0 Å². The summed E-state index contributed by atoms with van der Waals surface area (Å²) in [6, 6.07) is 2.95. The summed E-state index contributed by atoms with van der Waals surface area (Å²) in [7, 11) is 2.01. The van der Waals surface area contributed by atoms with Crippen LogP contribution in [0.25, 0.3) is 0 Å². The fourth-order valence-corrected chi connectivity index (χ4v) is 2.72. The van der Waals surface area contributed by atoms with Crippen molar-refractivity contribution in [2.45, 2.75) is 38.8 Å². The van der Waals surface area contributed by atoms with Crippen LogP contribution in [0.5, 0.6) is 0 Å². The monoisotopic (exact) mass is 264 g/mol. The maximum absolute atomic E-state index is 4.37. The van der Waals surface area contributed by atoms with Gasteiger partial charge in [-0.25, -0.2) is 9.67 Å². The quantitative estimate of drug-likeness (QED) is 0.870. The minimum atomic E-state index is 0.362. The van der Waals surface area contributed by atoms with E-state index in [-0.39, 0.29) is 0 Å². The first-order valence-corrected chi connectivity index (χ1v) is 7.21. The number of nitrogens with zero attached hydrogens (tertiary/aromatic N) is 3. The van der Waals surface area contributed by atoms with Crippen molar-refractivity contribution in [1.82, 2.24) is 20.1 Å². The SMILES string of the molecule is CNC(Cc1ccsc1)Cc1ncnn1C(C)C. The maximum atomic E-state index is 4.37. The summed E-state index contributed by atoms with van der Waals surface area (Å²) in [5.41, 5.74) is 1.38. The number of hydrogen-bond donors (Lipinski definition) is 1. The van der Waals surface area contributed by atoms with Crippen LogP contribution >= 0.6 is 11.3 Å². The number of rotatable bonds is 6. The molecule has 0 bridgehead atoms. The highest BCUT2D eigenvalue weighted by atomic mass is 32.1. The predicted molar refractivity (Wildman–Crippen MR) is 75.0 cm³/mol. The number of nitrogens with one attached hydrogen (secondary N) is 1. The van der Waals surface area contributed by atoms with Gasteiger partial charge in [-0.15, -0.1) is 0 Å². The standard InChI is InChI=1S/C13H20N4S/c1-10(2)17-13(15-9-16-17)7-12(14-3)6-11-4-5-18-8-11/h4-5,8-10,12,14H,6-7H2,1-3H3. The van der Waals surface area contributed by atoms with E-state index in [0.717, 1.165) is 18.7 Å². The summed E-state index contributed by atoms with van der Waals surface area (Å²) in [5, 5.41) is 12.0. The van der Waals surface area contributed by atoms with Crippen LogP contribution in [0.2, 0.25) is 0 Å². The predicted octanol–water partition coefficient (Wildman–Crippen LogP) is 2.29. The van der Waals surface area contributed by atoms with Crippen LogP contribution in [0.1, 0.15) is 31.3 Å². The molecule has 0 fully saturated rings. The zero-order chi connectivity index (χ0) is 13.0. The minimum Gasteiger partial charge on any atom is -0.316 e. The lowest BCUT2D eigenvalue weighted by Crippen LogP contribution is -2.31. The maximum Gasteiger partial charge on any atom is 0.138 e. The van der Waals surface area contributed by atoms with Crippen molar-refractivity contribution in [3.63, 3.8) is 0 Å². The smallest absolute Gasteiger partial charge is 0.138 e. The van der Waals surface area contributed by atoms with Gasteiger partial charge in [0.1, 0.15) is 12.2 Å². The topological polar surface area (TPSA) is 42.7 Å². The Kier molecular flexibility index (Phi) is 4.49. The number of hydrogen-bond acceptors (Lipinski definition) is 4. The van der Waals surface area contributed by atoms with E-state index in [1.54, 1.807) is 17.7 Å². The summed E-state index contributed by atoms with van der Waals surface area (Å²) in [6.45, 7) is 4.26. The number of likely N-dealkylation sites (N-methyl/N-ethyl adjacent to an activating group) is 1. The zero-order valence-corrected chi connectivity index (χ0v) is 11.9. The largest absolute Gasteiger partial charge is 0.316 e. The molecule has 0 radical (unpaired) electrons. The van der Waals surface area contributed by atoms with Crippen LogP contribution in [-0.2, 0) is 12.8 Å². The van der Waals surface area contributed by atoms with Gasteiger partial charge >= 0.3 is 0 Å². The van der Waals surface area contributed by atoms with Crippen molar-refractivity contribution in [3.8, 4) is 0 Å².